The number of nitrogens with zero attached hydrogens (tertiary/aromatic N) is 4. The molecule has 9 heteroatoms. The number of thiophene rings is 1. The number of hydrogen-bond acceptors (Lipinski definition) is 8. The number of aromatic amines is 1. The van der Waals surface area contributed by atoms with Crippen LogP contribution in [0.1, 0.15) is 23.3 Å². The minimum absolute atomic E-state index is 0.506. The maximum Gasteiger partial charge on any atom is 0.229 e. The summed E-state index contributed by atoms with van der Waals surface area (Å²) in [4.78, 5) is 16.9. The fourth-order valence-corrected chi connectivity index (χ4v) is 5.09. The van der Waals surface area contributed by atoms with E-state index in [4.69, 9.17) is 14.9 Å². The predicted octanol–water partition coefficient (Wildman–Crippen LogP) is 5.02. The van der Waals surface area contributed by atoms with Crippen molar-refractivity contribution in [3.05, 3.63) is 53.0 Å². The number of benzene rings is 1. The Kier molecular flexibility index (Phi) is 6.23. The van der Waals surface area contributed by atoms with Crippen molar-refractivity contribution in [2.45, 2.75) is 19.8 Å². The summed E-state index contributed by atoms with van der Waals surface area (Å²) in [5.41, 5.74) is 3.50. The Morgan fingerprint density at radius 1 is 1.21 bits per heavy atom. The van der Waals surface area contributed by atoms with Crippen LogP contribution >= 0.6 is 11.3 Å². The van der Waals surface area contributed by atoms with Crippen molar-refractivity contribution >= 4 is 40.2 Å². The molecule has 1 saturated heterocycles. The summed E-state index contributed by atoms with van der Waals surface area (Å²) in [6.45, 7) is 6.02. The van der Waals surface area contributed by atoms with Gasteiger partial charge in [-0.25, -0.2) is 4.98 Å². The number of H-pyrrole nitrogens is 1. The first-order valence-corrected chi connectivity index (χ1v) is 11.9. The highest BCUT2D eigenvalue weighted by Crippen LogP contribution is 2.34. The van der Waals surface area contributed by atoms with Crippen LogP contribution in [-0.4, -0.2) is 57.5 Å². The summed E-state index contributed by atoms with van der Waals surface area (Å²) < 4.78 is 5.90. The van der Waals surface area contributed by atoms with Crippen LogP contribution in [0.15, 0.2) is 47.8 Å². The highest BCUT2D eigenvalue weighted by molar-refractivity contribution is 7.17. The van der Waals surface area contributed by atoms with E-state index >= 15 is 0 Å². The number of aryl methyl sites for hydroxylation is 1. The van der Waals surface area contributed by atoms with Gasteiger partial charge in [-0.1, -0.05) is 5.16 Å². The van der Waals surface area contributed by atoms with E-state index in [1.807, 2.05) is 43.5 Å². The summed E-state index contributed by atoms with van der Waals surface area (Å²) in [6.07, 6.45) is 5.90. The maximum absolute atomic E-state index is 8.91. The first kappa shape index (κ1) is 21.4. The van der Waals surface area contributed by atoms with Crippen molar-refractivity contribution in [3.8, 4) is 16.3 Å². The molecular formula is C24H26N6O2S. The Labute approximate surface area is 195 Å². The Balaban J connectivity index is 1.32. The van der Waals surface area contributed by atoms with E-state index in [1.165, 1.54) is 43.5 Å². The fraction of sp³-hybridized carbons (Fsp3) is 0.292. The van der Waals surface area contributed by atoms with Gasteiger partial charge in [-0.15, -0.1) is 11.3 Å². The lowest BCUT2D eigenvalue weighted by Gasteiger charge is -2.15. The maximum atomic E-state index is 8.91. The first-order chi connectivity index (χ1) is 16.2. The zero-order valence-electron chi connectivity index (χ0n) is 18.4. The minimum Gasteiger partial charge on any atom is -0.492 e. The van der Waals surface area contributed by atoms with E-state index in [0.29, 0.717) is 12.6 Å². The van der Waals surface area contributed by atoms with Crippen molar-refractivity contribution in [3.63, 3.8) is 0 Å². The van der Waals surface area contributed by atoms with Crippen LogP contribution in [0.25, 0.3) is 21.6 Å². The Morgan fingerprint density at radius 2 is 2.03 bits per heavy atom. The van der Waals surface area contributed by atoms with Gasteiger partial charge in [-0.05, 0) is 74.8 Å². The predicted molar refractivity (Wildman–Crippen MR) is 132 cm³/mol. The summed E-state index contributed by atoms with van der Waals surface area (Å²) in [7, 11) is 0. The van der Waals surface area contributed by atoms with E-state index in [0.717, 1.165) is 50.0 Å². The Morgan fingerprint density at radius 3 is 2.82 bits per heavy atom. The number of nitrogens with one attached hydrogen (secondary N) is 2. The SMILES string of the molecule is Cc1cc(-c2nc(Nc3ccc(OCCN4CCCC4)cc3)nc3[nH]ccc23)sc1/C=N/O. The molecule has 1 fully saturated rings. The molecule has 0 aliphatic carbocycles. The lowest BCUT2D eigenvalue weighted by Crippen LogP contribution is -2.25. The van der Waals surface area contributed by atoms with Crippen molar-refractivity contribution in [2.75, 3.05) is 31.6 Å². The molecule has 0 radical (unpaired) electrons. The van der Waals surface area contributed by atoms with E-state index in [2.05, 4.69) is 31.4 Å². The molecule has 170 valence electrons. The number of likely N-dealkylation sites (tertiary alicyclic amines) is 1. The average Bonchev–Trinajstić information content (AvgIpc) is 3.57. The van der Waals surface area contributed by atoms with Gasteiger partial charge < -0.3 is 20.2 Å². The number of oxime groups is 1. The average molecular weight is 463 g/mol. The third kappa shape index (κ3) is 4.84. The molecule has 0 bridgehead atoms. The lowest BCUT2D eigenvalue weighted by atomic mass is 10.2. The highest BCUT2D eigenvalue weighted by atomic mass is 32.1. The van der Waals surface area contributed by atoms with Crippen LogP contribution in [0, 0.1) is 6.92 Å². The van der Waals surface area contributed by atoms with Gasteiger partial charge in [-0.2, -0.15) is 4.98 Å². The lowest BCUT2D eigenvalue weighted by molar-refractivity contribution is 0.238. The first-order valence-electron chi connectivity index (χ1n) is 11.1. The van der Waals surface area contributed by atoms with Crippen molar-refractivity contribution in [1.29, 1.82) is 0 Å². The van der Waals surface area contributed by atoms with Gasteiger partial charge in [0, 0.05) is 23.8 Å². The number of ether oxygens (including phenoxy) is 1. The summed E-state index contributed by atoms with van der Waals surface area (Å²) in [5, 5.41) is 16.3. The molecule has 0 saturated carbocycles. The number of fused-ring (bicyclic) bond motifs is 1. The highest BCUT2D eigenvalue weighted by Gasteiger charge is 2.15. The largest absolute Gasteiger partial charge is 0.492 e. The molecule has 5 rings (SSSR count). The summed E-state index contributed by atoms with van der Waals surface area (Å²) in [6, 6.07) is 11.9. The smallest absolute Gasteiger partial charge is 0.229 e. The van der Waals surface area contributed by atoms with Gasteiger partial charge in [0.05, 0.1) is 21.7 Å². The molecule has 4 aromatic rings. The number of hydrogen-bond donors (Lipinski definition) is 3. The number of anilines is 2. The monoisotopic (exact) mass is 462 g/mol. The van der Waals surface area contributed by atoms with Gasteiger partial charge in [0.2, 0.25) is 5.95 Å². The van der Waals surface area contributed by atoms with Crippen molar-refractivity contribution in [1.82, 2.24) is 19.9 Å². The zero-order valence-corrected chi connectivity index (χ0v) is 19.2. The molecule has 33 heavy (non-hydrogen) atoms. The molecule has 0 spiro atoms. The minimum atomic E-state index is 0.506. The molecule has 0 atom stereocenters. The Hall–Kier alpha value is -3.43. The normalized spacial score (nSPS) is 14.5. The second-order valence-corrected chi connectivity index (χ2v) is 9.17. The second-order valence-electron chi connectivity index (χ2n) is 8.08. The molecule has 8 nitrogen and oxygen atoms in total. The van der Waals surface area contributed by atoms with Crippen molar-refractivity contribution < 1.29 is 9.94 Å². The van der Waals surface area contributed by atoms with Crippen LogP contribution in [0.5, 0.6) is 5.75 Å². The zero-order chi connectivity index (χ0) is 22.6. The molecule has 1 aliphatic heterocycles. The second kappa shape index (κ2) is 9.60. The van der Waals surface area contributed by atoms with E-state index in [9.17, 15) is 0 Å². The molecule has 4 heterocycles. The topological polar surface area (TPSA) is 98.7 Å². The molecule has 3 aromatic heterocycles. The standard InChI is InChI=1S/C24H26N6O2S/c1-16-14-20(33-21(16)15-26-31)22-19-8-9-25-23(19)29-24(28-22)27-17-4-6-18(7-5-17)32-13-12-30-10-2-3-11-30/h4-9,14-15,31H,2-3,10-13H2,1H3,(H2,25,27,28,29)/b26-15+. The van der Waals surface area contributed by atoms with Gasteiger partial charge in [-0.3, -0.25) is 4.90 Å². The molecule has 1 aromatic carbocycles. The van der Waals surface area contributed by atoms with E-state index < -0.39 is 0 Å². The molecule has 1 aliphatic rings. The Bertz CT molecular complexity index is 1260. The number of rotatable bonds is 8. The number of aromatic nitrogens is 3. The van der Waals surface area contributed by atoms with Gasteiger partial charge in [0.25, 0.3) is 0 Å². The van der Waals surface area contributed by atoms with Gasteiger partial charge in [0.1, 0.15) is 18.0 Å². The van der Waals surface area contributed by atoms with Crippen LogP contribution < -0.4 is 10.1 Å². The summed E-state index contributed by atoms with van der Waals surface area (Å²) in [5.74, 6) is 1.36. The third-order valence-corrected chi connectivity index (χ3v) is 6.94. The summed E-state index contributed by atoms with van der Waals surface area (Å²) >= 11 is 1.53. The molecular weight excluding hydrogens is 436 g/mol. The van der Waals surface area contributed by atoms with Crippen LogP contribution in [0.4, 0.5) is 11.6 Å². The van der Waals surface area contributed by atoms with Crippen LogP contribution in [-0.2, 0) is 0 Å². The van der Waals surface area contributed by atoms with E-state index in [-0.39, 0.29) is 0 Å². The van der Waals surface area contributed by atoms with Gasteiger partial charge in [0.15, 0.2) is 0 Å². The third-order valence-electron chi connectivity index (χ3n) is 5.77. The fourth-order valence-electron chi connectivity index (χ4n) is 4.04. The quantitative estimate of drug-likeness (QED) is 0.193. The molecule has 3 N–H and O–H groups in total. The van der Waals surface area contributed by atoms with Crippen LogP contribution in [0.2, 0.25) is 0 Å². The molecule has 0 amide bonds. The van der Waals surface area contributed by atoms with Crippen LogP contribution in [0.3, 0.4) is 0 Å². The van der Waals surface area contributed by atoms with Gasteiger partial charge >= 0.3 is 0 Å². The van der Waals surface area contributed by atoms with E-state index in [1.54, 1.807) is 0 Å². The molecule has 0 unspecified atom stereocenters. The van der Waals surface area contributed by atoms with Crippen molar-refractivity contribution in [2.24, 2.45) is 5.16 Å².